The molecule has 0 radical (unpaired) electrons. The molecule has 0 unspecified atom stereocenters. The molecule has 31 heavy (non-hydrogen) atoms. The summed E-state index contributed by atoms with van der Waals surface area (Å²) in [6.07, 6.45) is 1.01. The number of rotatable bonds is 4. The number of halogens is 2. The van der Waals surface area contributed by atoms with E-state index in [1.165, 1.54) is 12.1 Å². The van der Waals surface area contributed by atoms with Crippen molar-refractivity contribution in [3.8, 4) is 5.69 Å². The molecule has 0 fully saturated rings. The Balaban J connectivity index is 1.61. The smallest absolute Gasteiger partial charge is 0.258 e. The van der Waals surface area contributed by atoms with Gasteiger partial charge in [0.05, 0.1) is 35.3 Å². The lowest BCUT2D eigenvalue weighted by Crippen LogP contribution is -2.42. The number of fused-ring (bicyclic) bond motifs is 1. The summed E-state index contributed by atoms with van der Waals surface area (Å²) in [7, 11) is 0. The Hall–Kier alpha value is -3.58. The van der Waals surface area contributed by atoms with E-state index in [4.69, 9.17) is 16.0 Å². The van der Waals surface area contributed by atoms with Gasteiger partial charge < -0.3 is 14.6 Å². The second kappa shape index (κ2) is 7.59. The molecule has 1 aliphatic rings. The number of carbonyl (C=O) groups excluding carboxylic acids is 1. The van der Waals surface area contributed by atoms with Gasteiger partial charge >= 0.3 is 0 Å². The number of para-hydroxylation sites is 1. The maximum Gasteiger partial charge on any atom is 0.258 e. The van der Waals surface area contributed by atoms with E-state index in [2.05, 4.69) is 10.4 Å². The highest BCUT2D eigenvalue weighted by atomic mass is 35.5. The number of amides is 1. The molecule has 2 aromatic heterocycles. The van der Waals surface area contributed by atoms with Crippen molar-refractivity contribution in [2.75, 3.05) is 5.32 Å². The van der Waals surface area contributed by atoms with Crippen LogP contribution in [0.25, 0.3) is 5.69 Å². The molecule has 5 rings (SSSR count). The van der Waals surface area contributed by atoms with Crippen molar-refractivity contribution in [3.05, 3.63) is 100 Å². The van der Waals surface area contributed by atoms with Crippen LogP contribution < -0.4 is 5.32 Å². The molecule has 6 nitrogen and oxygen atoms in total. The topological polar surface area (TPSA) is 63.3 Å². The summed E-state index contributed by atoms with van der Waals surface area (Å²) in [4.78, 5) is 15.1. The predicted octanol–water partition coefficient (Wildman–Crippen LogP) is 5.33. The van der Waals surface area contributed by atoms with Crippen LogP contribution in [0.5, 0.6) is 0 Å². The molecule has 0 bridgehead atoms. The van der Waals surface area contributed by atoms with Crippen molar-refractivity contribution in [3.63, 3.8) is 0 Å². The van der Waals surface area contributed by atoms with Crippen molar-refractivity contribution in [1.82, 2.24) is 14.7 Å². The maximum atomic E-state index is 13.4. The highest BCUT2D eigenvalue weighted by molar-refractivity contribution is 6.30. The van der Waals surface area contributed by atoms with Crippen LogP contribution >= 0.6 is 11.6 Å². The first-order valence-electron chi connectivity index (χ1n) is 9.73. The maximum absolute atomic E-state index is 13.4. The first kappa shape index (κ1) is 19.4. The van der Waals surface area contributed by atoms with Crippen molar-refractivity contribution < 1.29 is 13.6 Å². The number of hydrogen-bond donors (Lipinski definition) is 1. The van der Waals surface area contributed by atoms with E-state index in [0.717, 1.165) is 5.69 Å². The molecule has 1 amide bonds. The Morgan fingerprint density at radius 2 is 1.90 bits per heavy atom. The summed E-state index contributed by atoms with van der Waals surface area (Å²) < 4.78 is 20.4. The van der Waals surface area contributed by atoms with Gasteiger partial charge in [0, 0.05) is 5.69 Å². The number of benzene rings is 2. The average Bonchev–Trinajstić information content (AvgIpc) is 3.38. The monoisotopic (exact) mass is 436 g/mol. The fourth-order valence-corrected chi connectivity index (χ4v) is 4.20. The molecule has 1 atom stereocenters. The van der Waals surface area contributed by atoms with Gasteiger partial charge in [-0.1, -0.05) is 23.7 Å². The zero-order valence-corrected chi connectivity index (χ0v) is 17.3. The highest BCUT2D eigenvalue weighted by Gasteiger charge is 2.37. The SMILES string of the molecule is Cc1nn(-c2ccc(F)cc2)c(Cl)c1[C@@H]1Nc2ccccc2C(=O)N1Cc1ccco1. The number of hydrogen-bond acceptors (Lipinski definition) is 4. The zero-order chi connectivity index (χ0) is 21.5. The fraction of sp³-hybridized carbons (Fsp3) is 0.130. The minimum absolute atomic E-state index is 0.138. The Kier molecular flexibility index (Phi) is 4.75. The van der Waals surface area contributed by atoms with Gasteiger partial charge in [0.2, 0.25) is 0 Å². The number of nitrogens with zero attached hydrogens (tertiary/aromatic N) is 3. The lowest BCUT2D eigenvalue weighted by atomic mass is 10.0. The van der Waals surface area contributed by atoms with Gasteiger partial charge in [-0.15, -0.1) is 0 Å². The minimum Gasteiger partial charge on any atom is -0.467 e. The summed E-state index contributed by atoms with van der Waals surface area (Å²) in [6, 6.07) is 16.9. The van der Waals surface area contributed by atoms with Crippen molar-refractivity contribution >= 4 is 23.2 Å². The van der Waals surface area contributed by atoms with Crippen LogP contribution in [0.2, 0.25) is 5.15 Å². The third kappa shape index (κ3) is 3.37. The molecule has 1 N–H and O–H groups in total. The van der Waals surface area contributed by atoms with Crippen molar-refractivity contribution in [2.24, 2.45) is 0 Å². The Morgan fingerprint density at radius 1 is 1.13 bits per heavy atom. The van der Waals surface area contributed by atoms with E-state index in [9.17, 15) is 9.18 Å². The second-order valence-electron chi connectivity index (χ2n) is 7.28. The number of anilines is 1. The minimum atomic E-state index is -0.561. The molecular formula is C23H18ClFN4O2. The number of aryl methyl sites for hydroxylation is 1. The Bertz CT molecular complexity index is 1250. The first-order chi connectivity index (χ1) is 15.0. The van der Waals surface area contributed by atoms with Crippen LogP contribution in [0.15, 0.2) is 71.3 Å². The van der Waals surface area contributed by atoms with Gasteiger partial charge in [0.25, 0.3) is 5.91 Å². The molecule has 3 heterocycles. The van der Waals surface area contributed by atoms with Crippen LogP contribution in [-0.4, -0.2) is 20.6 Å². The molecule has 8 heteroatoms. The lowest BCUT2D eigenvalue weighted by Gasteiger charge is -2.37. The lowest BCUT2D eigenvalue weighted by molar-refractivity contribution is 0.0651. The van der Waals surface area contributed by atoms with Gasteiger partial charge in [-0.05, 0) is 55.5 Å². The molecule has 0 spiro atoms. The molecular weight excluding hydrogens is 419 g/mol. The number of nitrogens with one attached hydrogen (secondary N) is 1. The van der Waals surface area contributed by atoms with Gasteiger partial charge in [0.1, 0.15) is 22.9 Å². The summed E-state index contributed by atoms with van der Waals surface area (Å²) >= 11 is 6.76. The van der Waals surface area contributed by atoms with Crippen LogP contribution in [-0.2, 0) is 6.54 Å². The zero-order valence-electron chi connectivity index (χ0n) is 16.5. The van der Waals surface area contributed by atoms with Gasteiger partial charge in [-0.25, -0.2) is 9.07 Å². The van der Waals surface area contributed by atoms with Gasteiger partial charge in [-0.3, -0.25) is 4.79 Å². The van der Waals surface area contributed by atoms with Gasteiger partial charge in [-0.2, -0.15) is 5.10 Å². The molecule has 1 aliphatic heterocycles. The number of aromatic nitrogens is 2. The van der Waals surface area contributed by atoms with E-state index in [1.54, 1.807) is 40.1 Å². The van der Waals surface area contributed by atoms with Crippen LogP contribution in [0, 0.1) is 12.7 Å². The first-order valence-corrected chi connectivity index (χ1v) is 10.1. The van der Waals surface area contributed by atoms with E-state index in [0.29, 0.717) is 33.4 Å². The fourth-order valence-electron chi connectivity index (χ4n) is 3.83. The molecule has 0 saturated heterocycles. The van der Waals surface area contributed by atoms with E-state index in [-0.39, 0.29) is 18.3 Å². The molecule has 0 aliphatic carbocycles. The standard InChI is InChI=1S/C23H18ClFN4O2/c1-14-20(21(24)29(27-14)16-10-8-15(25)9-11-16)22-26-19-7-3-2-6-18(19)23(30)28(22)13-17-5-4-12-31-17/h2-12,22,26H,13H2,1H3/t22-/m1/s1. The Labute approximate surface area is 182 Å². The van der Waals surface area contributed by atoms with Crippen molar-refractivity contribution in [2.45, 2.75) is 19.6 Å². The normalized spacial score (nSPS) is 15.6. The summed E-state index contributed by atoms with van der Waals surface area (Å²) in [5.74, 6) is 0.171. The molecule has 156 valence electrons. The molecule has 2 aromatic carbocycles. The molecule has 0 saturated carbocycles. The number of furan rings is 1. The van der Waals surface area contributed by atoms with Crippen LogP contribution in [0.1, 0.15) is 33.5 Å². The van der Waals surface area contributed by atoms with E-state index >= 15 is 0 Å². The van der Waals surface area contributed by atoms with Crippen molar-refractivity contribution in [1.29, 1.82) is 0 Å². The second-order valence-corrected chi connectivity index (χ2v) is 7.64. The average molecular weight is 437 g/mol. The third-order valence-corrected chi connectivity index (χ3v) is 5.68. The summed E-state index contributed by atoms with van der Waals surface area (Å²) in [5.41, 5.74) is 3.24. The van der Waals surface area contributed by atoms with E-state index in [1.807, 2.05) is 31.2 Å². The van der Waals surface area contributed by atoms with Gasteiger partial charge in [0.15, 0.2) is 0 Å². The largest absolute Gasteiger partial charge is 0.467 e. The van der Waals surface area contributed by atoms with Crippen LogP contribution in [0.4, 0.5) is 10.1 Å². The molecule has 4 aromatic rings. The summed E-state index contributed by atoms with van der Waals surface area (Å²) in [6.45, 7) is 2.09. The Morgan fingerprint density at radius 3 is 2.65 bits per heavy atom. The quantitative estimate of drug-likeness (QED) is 0.469. The highest BCUT2D eigenvalue weighted by Crippen LogP contribution is 2.39. The predicted molar refractivity (Wildman–Crippen MR) is 115 cm³/mol. The number of carbonyl (C=O) groups is 1. The summed E-state index contributed by atoms with van der Waals surface area (Å²) in [5, 5.41) is 8.33. The van der Waals surface area contributed by atoms with Crippen LogP contribution in [0.3, 0.4) is 0 Å². The third-order valence-electron chi connectivity index (χ3n) is 5.32. The van der Waals surface area contributed by atoms with E-state index < -0.39 is 6.17 Å².